The van der Waals surface area contributed by atoms with Crippen LogP contribution in [0.1, 0.15) is 46.0 Å². The Morgan fingerprint density at radius 3 is 2.34 bits per heavy atom. The summed E-state index contributed by atoms with van der Waals surface area (Å²) in [6, 6.07) is 15.5. The van der Waals surface area contributed by atoms with Crippen LogP contribution >= 0.6 is 11.9 Å². The van der Waals surface area contributed by atoms with Crippen LogP contribution in [-0.4, -0.2) is 49.5 Å². The minimum atomic E-state index is -0.245. The molecule has 7 nitrogen and oxygen atoms in total. The molecule has 0 bridgehead atoms. The number of hydrogen-bond donors (Lipinski definition) is 2. The number of nitrogens with zero attached hydrogens (tertiary/aromatic N) is 1. The van der Waals surface area contributed by atoms with E-state index in [0.717, 1.165) is 52.6 Å². The van der Waals surface area contributed by atoms with Crippen molar-refractivity contribution in [3.05, 3.63) is 48.5 Å². The van der Waals surface area contributed by atoms with Crippen LogP contribution in [0.2, 0.25) is 0 Å². The maximum Gasteiger partial charge on any atom is 0.250 e. The number of unbranched alkanes of at least 4 members (excludes halogenated alkanes) is 2. The van der Waals surface area contributed by atoms with E-state index in [2.05, 4.69) is 28.9 Å². The van der Waals surface area contributed by atoms with Crippen molar-refractivity contribution in [2.24, 2.45) is 0 Å². The maximum atomic E-state index is 12.6. The molecular weight excluding hydrogens is 462 g/mol. The Morgan fingerprint density at radius 2 is 1.66 bits per heavy atom. The SMILES string of the molecule is CCCCCNSC[C@@H](CCC)OCOCOCC(=O)Nc1c2ccccc2nc2ccccc12. The summed E-state index contributed by atoms with van der Waals surface area (Å²) in [5.41, 5.74) is 2.41. The second-order valence-corrected chi connectivity index (χ2v) is 9.26. The molecular formula is C27H37N3O4S. The van der Waals surface area contributed by atoms with Crippen molar-refractivity contribution < 1.29 is 19.0 Å². The van der Waals surface area contributed by atoms with Crippen molar-refractivity contribution in [2.75, 3.05) is 37.8 Å². The van der Waals surface area contributed by atoms with Crippen molar-refractivity contribution in [1.82, 2.24) is 9.71 Å². The molecule has 0 aliphatic carbocycles. The number of nitrogens with one attached hydrogen (secondary N) is 2. The van der Waals surface area contributed by atoms with Crippen molar-refractivity contribution in [3.8, 4) is 0 Å². The third-order valence-corrected chi connectivity index (χ3v) is 6.45. The van der Waals surface area contributed by atoms with E-state index in [0.29, 0.717) is 0 Å². The lowest BCUT2D eigenvalue weighted by molar-refractivity contribution is -0.153. The predicted molar refractivity (Wildman–Crippen MR) is 144 cm³/mol. The van der Waals surface area contributed by atoms with Crippen LogP contribution in [-0.2, 0) is 19.0 Å². The van der Waals surface area contributed by atoms with Gasteiger partial charge in [-0.15, -0.1) is 0 Å². The highest BCUT2D eigenvalue weighted by Gasteiger charge is 2.12. The van der Waals surface area contributed by atoms with Crippen molar-refractivity contribution in [1.29, 1.82) is 0 Å². The monoisotopic (exact) mass is 499 g/mol. The van der Waals surface area contributed by atoms with Crippen LogP contribution in [0, 0.1) is 0 Å². The fourth-order valence-electron chi connectivity index (χ4n) is 3.73. The van der Waals surface area contributed by atoms with E-state index < -0.39 is 0 Å². The van der Waals surface area contributed by atoms with Crippen molar-refractivity contribution in [2.45, 2.75) is 52.1 Å². The Labute approximate surface area is 212 Å². The van der Waals surface area contributed by atoms with Gasteiger partial charge in [-0.25, -0.2) is 4.98 Å². The highest BCUT2D eigenvalue weighted by atomic mass is 32.2. The maximum absolute atomic E-state index is 12.6. The first kappa shape index (κ1) is 27.4. The van der Waals surface area contributed by atoms with E-state index in [1.54, 1.807) is 11.9 Å². The summed E-state index contributed by atoms with van der Waals surface area (Å²) in [4.78, 5) is 17.3. The fraction of sp³-hybridized carbons (Fsp3) is 0.481. The Bertz CT molecular complexity index is 995. The lowest BCUT2D eigenvalue weighted by Crippen LogP contribution is -2.22. The largest absolute Gasteiger partial charge is 0.351 e. The second kappa shape index (κ2) is 15.7. The predicted octanol–water partition coefficient (Wildman–Crippen LogP) is 5.89. The Morgan fingerprint density at radius 1 is 0.943 bits per heavy atom. The smallest absolute Gasteiger partial charge is 0.250 e. The van der Waals surface area contributed by atoms with Gasteiger partial charge in [-0.2, -0.15) is 0 Å². The van der Waals surface area contributed by atoms with Crippen LogP contribution in [0.4, 0.5) is 5.69 Å². The number of hydrogen-bond acceptors (Lipinski definition) is 7. The van der Waals surface area contributed by atoms with E-state index >= 15 is 0 Å². The van der Waals surface area contributed by atoms with Gasteiger partial charge in [-0.1, -0.05) is 81.5 Å². The van der Waals surface area contributed by atoms with Crippen LogP contribution in [0.15, 0.2) is 48.5 Å². The molecule has 0 spiro atoms. The zero-order chi connectivity index (χ0) is 24.7. The van der Waals surface area contributed by atoms with Gasteiger partial charge < -0.3 is 19.5 Å². The lowest BCUT2D eigenvalue weighted by atomic mass is 10.1. The summed E-state index contributed by atoms with van der Waals surface area (Å²) in [6.45, 7) is 5.40. The average molecular weight is 500 g/mol. The molecule has 0 unspecified atom stereocenters. The zero-order valence-corrected chi connectivity index (χ0v) is 21.6. The summed E-state index contributed by atoms with van der Waals surface area (Å²) in [5.74, 6) is 0.630. The highest BCUT2D eigenvalue weighted by molar-refractivity contribution is 7.97. The van der Waals surface area contributed by atoms with E-state index in [9.17, 15) is 4.79 Å². The number of para-hydroxylation sites is 2. The molecule has 1 aromatic heterocycles. The van der Waals surface area contributed by atoms with Gasteiger partial charge in [-0.05, 0) is 25.0 Å². The number of amides is 1. The minimum absolute atomic E-state index is 0.00742. The van der Waals surface area contributed by atoms with Gasteiger partial charge >= 0.3 is 0 Å². The molecule has 3 aromatic rings. The molecule has 35 heavy (non-hydrogen) atoms. The summed E-state index contributed by atoms with van der Waals surface area (Å²) < 4.78 is 20.1. The van der Waals surface area contributed by atoms with Crippen LogP contribution in [0.5, 0.6) is 0 Å². The molecule has 8 heteroatoms. The molecule has 0 fully saturated rings. The number of carbonyl (C=O) groups is 1. The first-order chi connectivity index (χ1) is 17.2. The summed E-state index contributed by atoms with van der Waals surface area (Å²) in [6.07, 6.45) is 5.83. The molecule has 1 amide bonds. The number of fused-ring (bicyclic) bond motifs is 2. The molecule has 0 aliphatic rings. The van der Waals surface area contributed by atoms with Gasteiger partial charge in [0.15, 0.2) is 0 Å². The Hall–Kier alpha value is -2.23. The molecule has 2 aromatic carbocycles. The number of aromatic nitrogens is 1. The standard InChI is InChI=1S/C27H37N3O4S/c1-3-5-10-16-28-35-18-21(11-4-2)34-20-33-19-32-17-26(31)30-27-22-12-6-8-14-24(22)29-25-15-9-7-13-23(25)27/h6-9,12-15,21,28H,3-5,10-11,16-20H2,1-2H3,(H,29,30,31)/t21-/m1/s1. The molecule has 1 atom stereocenters. The highest BCUT2D eigenvalue weighted by Crippen LogP contribution is 2.30. The minimum Gasteiger partial charge on any atom is -0.351 e. The van der Waals surface area contributed by atoms with Crippen LogP contribution in [0.25, 0.3) is 21.8 Å². The topological polar surface area (TPSA) is 81.7 Å². The zero-order valence-electron chi connectivity index (χ0n) is 20.8. The van der Waals surface area contributed by atoms with E-state index in [1.807, 2.05) is 48.5 Å². The Balaban J connectivity index is 1.39. The normalized spacial score (nSPS) is 12.3. The van der Waals surface area contributed by atoms with Gasteiger partial charge in [0, 0.05) is 23.1 Å². The van der Waals surface area contributed by atoms with Crippen molar-refractivity contribution >= 4 is 45.3 Å². The molecule has 0 saturated carbocycles. The van der Waals surface area contributed by atoms with Crippen molar-refractivity contribution in [3.63, 3.8) is 0 Å². The molecule has 3 rings (SSSR count). The average Bonchev–Trinajstić information content (AvgIpc) is 2.87. The summed E-state index contributed by atoms with van der Waals surface area (Å²) in [5, 5.41) is 4.78. The third kappa shape index (κ3) is 9.05. The van der Waals surface area contributed by atoms with E-state index in [-0.39, 0.29) is 32.2 Å². The number of pyridine rings is 1. The molecule has 1 heterocycles. The van der Waals surface area contributed by atoms with Gasteiger partial charge in [-0.3, -0.25) is 9.52 Å². The van der Waals surface area contributed by atoms with Gasteiger partial charge in [0.2, 0.25) is 0 Å². The lowest BCUT2D eigenvalue weighted by Gasteiger charge is -2.17. The number of carbonyl (C=O) groups excluding carboxylic acids is 1. The molecule has 190 valence electrons. The first-order valence-electron chi connectivity index (χ1n) is 12.4. The Kier molecular flexibility index (Phi) is 12.3. The number of benzene rings is 2. The van der Waals surface area contributed by atoms with Crippen LogP contribution < -0.4 is 10.0 Å². The molecule has 0 aliphatic heterocycles. The number of rotatable bonds is 17. The quantitative estimate of drug-likeness (QED) is 0.104. The fourth-order valence-corrected chi connectivity index (χ4v) is 4.59. The van der Waals surface area contributed by atoms with E-state index in [4.69, 9.17) is 14.2 Å². The molecule has 0 saturated heterocycles. The van der Waals surface area contributed by atoms with Gasteiger partial charge in [0.25, 0.3) is 5.91 Å². The van der Waals surface area contributed by atoms with E-state index in [1.165, 1.54) is 19.3 Å². The van der Waals surface area contributed by atoms with Gasteiger partial charge in [0.05, 0.1) is 22.8 Å². The second-order valence-electron chi connectivity index (χ2n) is 8.35. The van der Waals surface area contributed by atoms with Gasteiger partial charge in [0.1, 0.15) is 20.2 Å². The third-order valence-electron chi connectivity index (χ3n) is 5.50. The van der Waals surface area contributed by atoms with Crippen LogP contribution in [0.3, 0.4) is 0 Å². The molecule has 0 radical (unpaired) electrons. The summed E-state index contributed by atoms with van der Waals surface area (Å²) in [7, 11) is 0. The molecule has 2 N–H and O–H groups in total. The number of ether oxygens (including phenoxy) is 3. The number of anilines is 1. The summed E-state index contributed by atoms with van der Waals surface area (Å²) >= 11 is 1.71. The first-order valence-corrected chi connectivity index (χ1v) is 13.4.